The number of ether oxygens (including phenoxy) is 1. The number of nitrogens with zero attached hydrogens (tertiary/aromatic N) is 1. The maximum absolute atomic E-state index is 5.53. The predicted octanol–water partition coefficient (Wildman–Crippen LogP) is 3.57. The Morgan fingerprint density at radius 1 is 1.35 bits per heavy atom. The van der Waals surface area contributed by atoms with E-state index in [4.69, 9.17) is 4.74 Å². The smallest absolute Gasteiger partial charge is 0.0474 e. The molecule has 0 N–H and O–H groups in total. The molecule has 1 aromatic heterocycles. The third-order valence-corrected chi connectivity index (χ3v) is 3.92. The van der Waals surface area contributed by atoms with Gasteiger partial charge < -0.3 is 4.74 Å². The fourth-order valence-corrected chi connectivity index (χ4v) is 2.69. The average Bonchev–Trinajstić information content (AvgIpc) is 2.39. The molecule has 0 saturated carbocycles. The first-order chi connectivity index (χ1) is 8.23. The van der Waals surface area contributed by atoms with Gasteiger partial charge in [0, 0.05) is 31.0 Å². The van der Waals surface area contributed by atoms with Gasteiger partial charge in [0.1, 0.15) is 0 Å². The van der Waals surface area contributed by atoms with Gasteiger partial charge in [-0.05, 0) is 36.8 Å². The quantitative estimate of drug-likeness (QED) is 0.793. The topological polar surface area (TPSA) is 22.1 Å². The van der Waals surface area contributed by atoms with Crippen molar-refractivity contribution in [2.45, 2.75) is 44.9 Å². The molecule has 0 spiro atoms. The van der Waals surface area contributed by atoms with E-state index in [0.29, 0.717) is 5.41 Å². The van der Waals surface area contributed by atoms with E-state index < -0.39 is 0 Å². The second-order valence-electron chi connectivity index (χ2n) is 5.57. The van der Waals surface area contributed by atoms with Gasteiger partial charge in [-0.3, -0.25) is 4.98 Å². The number of hydrogen-bond acceptors (Lipinski definition) is 2. The molecule has 0 aromatic carbocycles. The lowest BCUT2D eigenvalue weighted by atomic mass is 9.71. The van der Waals surface area contributed by atoms with E-state index in [0.717, 1.165) is 32.0 Å². The molecule has 1 fully saturated rings. The van der Waals surface area contributed by atoms with E-state index in [1.807, 2.05) is 12.4 Å². The maximum atomic E-state index is 5.53. The molecule has 2 heterocycles. The van der Waals surface area contributed by atoms with Crippen molar-refractivity contribution in [2.24, 2.45) is 5.92 Å². The van der Waals surface area contributed by atoms with Crippen LogP contribution in [0.15, 0.2) is 24.5 Å². The zero-order valence-corrected chi connectivity index (χ0v) is 11.0. The summed E-state index contributed by atoms with van der Waals surface area (Å²) in [6.07, 6.45) is 8.75. The highest BCUT2D eigenvalue weighted by atomic mass is 16.5. The van der Waals surface area contributed by atoms with E-state index in [-0.39, 0.29) is 0 Å². The van der Waals surface area contributed by atoms with Crippen LogP contribution in [0.2, 0.25) is 0 Å². The van der Waals surface area contributed by atoms with E-state index in [1.165, 1.54) is 18.4 Å². The fourth-order valence-electron chi connectivity index (χ4n) is 2.69. The predicted molar refractivity (Wildman–Crippen MR) is 70.0 cm³/mol. The van der Waals surface area contributed by atoms with Crippen LogP contribution in [-0.2, 0) is 10.2 Å². The molecular formula is C15H23NO. The van der Waals surface area contributed by atoms with Gasteiger partial charge in [0.25, 0.3) is 0 Å². The molecule has 0 amide bonds. The van der Waals surface area contributed by atoms with Gasteiger partial charge >= 0.3 is 0 Å². The molecule has 17 heavy (non-hydrogen) atoms. The Morgan fingerprint density at radius 3 is 2.71 bits per heavy atom. The molecule has 0 atom stereocenters. The highest BCUT2D eigenvalue weighted by Gasteiger charge is 2.34. The summed E-state index contributed by atoms with van der Waals surface area (Å²) in [4.78, 5) is 4.29. The summed E-state index contributed by atoms with van der Waals surface area (Å²) in [6, 6.07) is 4.29. The first-order valence-corrected chi connectivity index (χ1v) is 6.71. The Labute approximate surface area is 104 Å². The highest BCUT2D eigenvalue weighted by Crippen LogP contribution is 2.39. The van der Waals surface area contributed by atoms with Crippen LogP contribution in [0.5, 0.6) is 0 Å². The van der Waals surface area contributed by atoms with Gasteiger partial charge in [-0.2, -0.15) is 0 Å². The average molecular weight is 233 g/mol. The largest absolute Gasteiger partial charge is 0.381 e. The first kappa shape index (κ1) is 12.6. The number of hydrogen-bond donors (Lipinski definition) is 0. The molecule has 1 saturated heterocycles. The van der Waals surface area contributed by atoms with Crippen LogP contribution >= 0.6 is 0 Å². The second kappa shape index (κ2) is 5.63. The zero-order valence-electron chi connectivity index (χ0n) is 11.0. The van der Waals surface area contributed by atoms with Gasteiger partial charge in [0.15, 0.2) is 0 Å². The molecule has 1 aliphatic heterocycles. The van der Waals surface area contributed by atoms with Crippen LogP contribution in [0.1, 0.15) is 45.1 Å². The van der Waals surface area contributed by atoms with Gasteiger partial charge in [-0.1, -0.05) is 26.3 Å². The number of aromatic nitrogens is 1. The number of pyridine rings is 1. The van der Waals surface area contributed by atoms with Crippen molar-refractivity contribution < 1.29 is 4.74 Å². The Hall–Kier alpha value is -0.890. The Morgan fingerprint density at radius 2 is 2.12 bits per heavy atom. The van der Waals surface area contributed by atoms with Crippen LogP contribution in [0.25, 0.3) is 0 Å². The third kappa shape index (κ3) is 3.06. The molecule has 2 rings (SSSR count). The molecule has 0 unspecified atom stereocenters. The van der Waals surface area contributed by atoms with E-state index in [9.17, 15) is 0 Å². The summed E-state index contributed by atoms with van der Waals surface area (Å²) in [5.41, 5.74) is 1.72. The van der Waals surface area contributed by atoms with Gasteiger partial charge in [0.05, 0.1) is 0 Å². The molecule has 0 aliphatic carbocycles. The summed E-state index contributed by atoms with van der Waals surface area (Å²) in [5.74, 6) is 0.770. The molecule has 1 aromatic rings. The summed E-state index contributed by atoms with van der Waals surface area (Å²) in [7, 11) is 0. The Bertz CT molecular complexity index is 328. The third-order valence-electron chi connectivity index (χ3n) is 3.92. The van der Waals surface area contributed by atoms with E-state index >= 15 is 0 Å². The Balaban J connectivity index is 2.17. The van der Waals surface area contributed by atoms with Crippen molar-refractivity contribution in [3.63, 3.8) is 0 Å². The molecular weight excluding hydrogens is 210 g/mol. The lowest BCUT2D eigenvalue weighted by Gasteiger charge is -2.38. The van der Waals surface area contributed by atoms with Gasteiger partial charge in [-0.25, -0.2) is 0 Å². The monoisotopic (exact) mass is 233 g/mol. The minimum absolute atomic E-state index is 0.316. The molecule has 94 valence electrons. The lowest BCUT2D eigenvalue weighted by Crippen LogP contribution is -2.34. The molecule has 2 heteroatoms. The highest BCUT2D eigenvalue weighted by molar-refractivity contribution is 5.22. The SMILES string of the molecule is CC(C)CCC1(c2cccnc2)CCOCC1. The summed E-state index contributed by atoms with van der Waals surface area (Å²) in [5, 5.41) is 0. The van der Waals surface area contributed by atoms with Crippen molar-refractivity contribution in [1.82, 2.24) is 4.98 Å². The van der Waals surface area contributed by atoms with Crippen molar-refractivity contribution in [3.8, 4) is 0 Å². The molecule has 1 aliphatic rings. The van der Waals surface area contributed by atoms with Crippen LogP contribution in [0.3, 0.4) is 0 Å². The maximum Gasteiger partial charge on any atom is 0.0474 e. The minimum Gasteiger partial charge on any atom is -0.381 e. The summed E-state index contributed by atoms with van der Waals surface area (Å²) >= 11 is 0. The normalized spacial score (nSPS) is 19.5. The van der Waals surface area contributed by atoms with Crippen LogP contribution in [0, 0.1) is 5.92 Å². The molecule has 0 radical (unpaired) electrons. The fraction of sp³-hybridized carbons (Fsp3) is 0.667. The van der Waals surface area contributed by atoms with Crippen LogP contribution in [0.4, 0.5) is 0 Å². The minimum atomic E-state index is 0.316. The molecule has 0 bridgehead atoms. The first-order valence-electron chi connectivity index (χ1n) is 6.71. The van der Waals surface area contributed by atoms with Crippen molar-refractivity contribution >= 4 is 0 Å². The molecule has 2 nitrogen and oxygen atoms in total. The number of rotatable bonds is 4. The van der Waals surface area contributed by atoms with E-state index in [1.54, 1.807) is 0 Å². The van der Waals surface area contributed by atoms with Crippen LogP contribution in [-0.4, -0.2) is 18.2 Å². The van der Waals surface area contributed by atoms with Crippen molar-refractivity contribution in [3.05, 3.63) is 30.1 Å². The van der Waals surface area contributed by atoms with Crippen LogP contribution < -0.4 is 0 Å². The summed E-state index contributed by atoms with van der Waals surface area (Å²) in [6.45, 7) is 6.40. The zero-order chi connectivity index (χ0) is 12.1. The van der Waals surface area contributed by atoms with Gasteiger partial charge in [0.2, 0.25) is 0 Å². The second-order valence-corrected chi connectivity index (χ2v) is 5.57. The van der Waals surface area contributed by atoms with Gasteiger partial charge in [-0.15, -0.1) is 0 Å². The lowest BCUT2D eigenvalue weighted by molar-refractivity contribution is 0.0446. The van der Waals surface area contributed by atoms with E-state index in [2.05, 4.69) is 31.0 Å². The van der Waals surface area contributed by atoms with Crippen molar-refractivity contribution in [1.29, 1.82) is 0 Å². The Kier molecular flexibility index (Phi) is 4.16. The van der Waals surface area contributed by atoms with Crippen molar-refractivity contribution in [2.75, 3.05) is 13.2 Å². The standard InChI is InChI=1S/C15H23NO/c1-13(2)5-6-15(7-10-17-11-8-15)14-4-3-9-16-12-14/h3-4,9,12-13H,5-8,10-11H2,1-2H3. The summed E-state index contributed by atoms with van der Waals surface area (Å²) < 4.78 is 5.53.